The van der Waals surface area contributed by atoms with Crippen molar-refractivity contribution in [3.63, 3.8) is 0 Å². The first kappa shape index (κ1) is 11.6. The van der Waals surface area contributed by atoms with E-state index in [1.165, 1.54) is 33.4 Å². The highest BCUT2D eigenvalue weighted by Gasteiger charge is 2.28. The average Bonchev–Trinajstić information content (AvgIpc) is 2.81. The molecule has 0 spiro atoms. The van der Waals surface area contributed by atoms with Crippen LogP contribution in [-0.2, 0) is 12.8 Å². The minimum atomic E-state index is -0.788. The van der Waals surface area contributed by atoms with Crippen LogP contribution < -0.4 is 0 Å². The molecule has 98 valence electrons. The van der Waals surface area contributed by atoms with Crippen molar-refractivity contribution in [1.82, 2.24) is 0 Å². The molecule has 2 nitrogen and oxygen atoms in total. The van der Waals surface area contributed by atoms with Gasteiger partial charge in [0.1, 0.15) is 12.2 Å². The highest BCUT2D eigenvalue weighted by Crippen LogP contribution is 2.43. The largest absolute Gasteiger partial charge is 0.386 e. The van der Waals surface area contributed by atoms with Crippen molar-refractivity contribution in [1.29, 1.82) is 0 Å². The van der Waals surface area contributed by atoms with Crippen LogP contribution in [0.15, 0.2) is 18.2 Å². The van der Waals surface area contributed by atoms with E-state index >= 15 is 0 Å². The fourth-order valence-electron chi connectivity index (χ4n) is 3.34. The zero-order valence-electron chi connectivity index (χ0n) is 10.6. The van der Waals surface area contributed by atoms with Gasteiger partial charge in [0, 0.05) is 15.0 Å². The van der Waals surface area contributed by atoms with E-state index in [-0.39, 0.29) is 0 Å². The average molecular weight is 272 g/mol. The van der Waals surface area contributed by atoms with Gasteiger partial charge in [0.15, 0.2) is 0 Å². The molecule has 2 aliphatic rings. The van der Waals surface area contributed by atoms with Crippen molar-refractivity contribution in [2.75, 3.05) is 0 Å². The molecule has 0 aliphatic heterocycles. The van der Waals surface area contributed by atoms with Crippen LogP contribution in [0.4, 0.5) is 0 Å². The van der Waals surface area contributed by atoms with Gasteiger partial charge in [-0.15, -0.1) is 11.3 Å². The standard InChI is InChI=1S/C16H16O2S/c17-11-7-5-9-6-8-13-15(14(9)16(11)18)10-3-1-2-4-12(10)19-13/h5-8,11,16-18H,1-4H2/t11-,16-/m0/s1. The molecule has 1 aromatic carbocycles. The fraction of sp³-hybridized carbons (Fsp3) is 0.375. The molecule has 2 N–H and O–H groups in total. The number of benzene rings is 1. The number of rotatable bonds is 0. The van der Waals surface area contributed by atoms with E-state index in [0.29, 0.717) is 0 Å². The van der Waals surface area contributed by atoms with E-state index in [0.717, 1.165) is 24.0 Å². The maximum absolute atomic E-state index is 10.4. The van der Waals surface area contributed by atoms with Crippen molar-refractivity contribution in [3.8, 4) is 0 Å². The van der Waals surface area contributed by atoms with Crippen molar-refractivity contribution in [3.05, 3.63) is 39.8 Å². The van der Waals surface area contributed by atoms with Crippen molar-refractivity contribution >= 4 is 27.5 Å². The summed E-state index contributed by atoms with van der Waals surface area (Å²) in [4.78, 5) is 1.48. The first-order chi connectivity index (χ1) is 9.25. The van der Waals surface area contributed by atoms with Crippen LogP contribution in [0, 0.1) is 0 Å². The third-order valence-electron chi connectivity index (χ3n) is 4.29. The first-order valence-corrected chi connectivity index (χ1v) is 7.69. The minimum Gasteiger partial charge on any atom is -0.386 e. The molecule has 0 bridgehead atoms. The van der Waals surface area contributed by atoms with E-state index in [9.17, 15) is 10.2 Å². The summed E-state index contributed by atoms with van der Waals surface area (Å²) in [6.07, 6.45) is 6.82. The van der Waals surface area contributed by atoms with Crippen molar-refractivity contribution in [2.24, 2.45) is 0 Å². The van der Waals surface area contributed by atoms with Gasteiger partial charge in [-0.25, -0.2) is 0 Å². The van der Waals surface area contributed by atoms with E-state index in [1.54, 1.807) is 6.08 Å². The Hall–Kier alpha value is -1.16. The molecule has 3 heteroatoms. The Bertz CT molecular complexity index is 684. The zero-order chi connectivity index (χ0) is 13.0. The molecule has 0 unspecified atom stereocenters. The Morgan fingerprint density at radius 2 is 1.95 bits per heavy atom. The molecule has 0 saturated carbocycles. The van der Waals surface area contributed by atoms with Crippen LogP contribution in [0.25, 0.3) is 16.2 Å². The summed E-state index contributed by atoms with van der Waals surface area (Å²) in [5.41, 5.74) is 3.41. The van der Waals surface area contributed by atoms with Crippen LogP contribution in [0.2, 0.25) is 0 Å². The molecule has 1 aromatic heterocycles. The van der Waals surface area contributed by atoms with Gasteiger partial charge in [0.25, 0.3) is 0 Å². The van der Waals surface area contributed by atoms with Gasteiger partial charge >= 0.3 is 0 Å². The third-order valence-corrected chi connectivity index (χ3v) is 5.54. The van der Waals surface area contributed by atoms with Crippen molar-refractivity contribution < 1.29 is 10.2 Å². The summed E-state index contributed by atoms with van der Waals surface area (Å²) in [5, 5.41) is 21.5. The molecule has 0 fully saturated rings. The maximum Gasteiger partial charge on any atom is 0.110 e. The molecular formula is C16H16O2S. The normalized spacial score (nSPS) is 25.4. The Balaban J connectivity index is 2.07. The smallest absolute Gasteiger partial charge is 0.110 e. The highest BCUT2D eigenvalue weighted by molar-refractivity contribution is 7.19. The van der Waals surface area contributed by atoms with E-state index in [1.807, 2.05) is 17.4 Å². The predicted octanol–water partition coefficient (Wildman–Crippen LogP) is 3.20. The lowest BCUT2D eigenvalue weighted by atomic mass is 9.86. The lowest BCUT2D eigenvalue weighted by Crippen LogP contribution is -2.20. The van der Waals surface area contributed by atoms with Gasteiger partial charge in [-0.2, -0.15) is 0 Å². The van der Waals surface area contributed by atoms with Crippen LogP contribution in [0.1, 0.15) is 40.5 Å². The van der Waals surface area contributed by atoms with Crippen LogP contribution in [-0.4, -0.2) is 16.3 Å². The lowest BCUT2D eigenvalue weighted by molar-refractivity contribution is 0.0480. The molecule has 0 radical (unpaired) electrons. The molecule has 2 aliphatic carbocycles. The van der Waals surface area contributed by atoms with E-state index in [2.05, 4.69) is 12.1 Å². The first-order valence-electron chi connectivity index (χ1n) is 6.87. The SMILES string of the molecule is O[C@@H]1c2c(ccc3sc4c(c23)CCCC4)C=C[C@@H]1O. The molecule has 0 saturated heterocycles. The van der Waals surface area contributed by atoms with Gasteiger partial charge in [-0.1, -0.05) is 18.2 Å². The zero-order valence-corrected chi connectivity index (χ0v) is 11.4. The Kier molecular flexibility index (Phi) is 2.56. The summed E-state index contributed by atoms with van der Waals surface area (Å²) in [6.45, 7) is 0. The van der Waals surface area contributed by atoms with Gasteiger partial charge < -0.3 is 10.2 Å². The fourth-order valence-corrected chi connectivity index (χ4v) is 4.65. The number of aliphatic hydroxyl groups is 2. The number of aliphatic hydroxyl groups excluding tert-OH is 2. The Morgan fingerprint density at radius 1 is 1.11 bits per heavy atom. The minimum absolute atomic E-state index is 0.780. The van der Waals surface area contributed by atoms with Crippen LogP contribution in [0.5, 0.6) is 0 Å². The summed E-state index contributed by atoms with van der Waals surface area (Å²) in [7, 11) is 0. The highest BCUT2D eigenvalue weighted by atomic mass is 32.1. The summed E-state index contributed by atoms with van der Waals surface area (Å²) in [6, 6.07) is 4.22. The lowest BCUT2D eigenvalue weighted by Gasteiger charge is -2.24. The second-order valence-electron chi connectivity index (χ2n) is 5.45. The van der Waals surface area contributed by atoms with Gasteiger partial charge in [-0.05, 0) is 48.4 Å². The van der Waals surface area contributed by atoms with Gasteiger partial charge in [-0.3, -0.25) is 0 Å². The maximum atomic E-state index is 10.4. The number of thiophene rings is 1. The van der Waals surface area contributed by atoms with Crippen molar-refractivity contribution in [2.45, 2.75) is 37.9 Å². The molecule has 2 atom stereocenters. The Morgan fingerprint density at radius 3 is 2.84 bits per heavy atom. The monoisotopic (exact) mass is 272 g/mol. The number of hydrogen-bond acceptors (Lipinski definition) is 3. The van der Waals surface area contributed by atoms with E-state index in [4.69, 9.17) is 0 Å². The molecule has 19 heavy (non-hydrogen) atoms. The van der Waals surface area contributed by atoms with E-state index < -0.39 is 12.2 Å². The molecule has 0 amide bonds. The topological polar surface area (TPSA) is 40.5 Å². The predicted molar refractivity (Wildman–Crippen MR) is 78.5 cm³/mol. The molecular weight excluding hydrogens is 256 g/mol. The van der Waals surface area contributed by atoms with Crippen LogP contribution in [0.3, 0.4) is 0 Å². The Labute approximate surface area is 116 Å². The second-order valence-corrected chi connectivity index (χ2v) is 6.58. The molecule has 1 heterocycles. The molecule has 2 aromatic rings. The summed E-state index contributed by atoms with van der Waals surface area (Å²) < 4.78 is 1.26. The quantitative estimate of drug-likeness (QED) is 0.773. The summed E-state index contributed by atoms with van der Waals surface area (Å²) in [5.74, 6) is 0. The number of aryl methyl sites for hydroxylation is 2. The third kappa shape index (κ3) is 1.62. The second kappa shape index (κ2) is 4.17. The number of hydrogen-bond donors (Lipinski definition) is 2. The number of fused-ring (bicyclic) bond motifs is 5. The summed E-state index contributed by atoms with van der Waals surface area (Å²) >= 11 is 1.86. The van der Waals surface area contributed by atoms with Gasteiger partial charge in [0.05, 0.1) is 0 Å². The van der Waals surface area contributed by atoms with Gasteiger partial charge in [0.2, 0.25) is 0 Å². The molecule has 4 rings (SSSR count). The van der Waals surface area contributed by atoms with Crippen LogP contribution >= 0.6 is 11.3 Å².